The fourth-order valence-corrected chi connectivity index (χ4v) is 2.41. The van der Waals surface area contributed by atoms with Gasteiger partial charge in [0.1, 0.15) is 11.5 Å². The van der Waals surface area contributed by atoms with Gasteiger partial charge in [0.05, 0.1) is 10.7 Å². The Labute approximate surface area is 153 Å². The van der Waals surface area contributed by atoms with Crippen LogP contribution in [0.15, 0.2) is 58.2 Å². The van der Waals surface area contributed by atoms with Crippen molar-refractivity contribution in [1.82, 2.24) is 21.1 Å². The third kappa shape index (κ3) is 4.42. The lowest BCUT2D eigenvalue weighted by atomic mass is 10.2. The summed E-state index contributed by atoms with van der Waals surface area (Å²) in [5.74, 6) is -0.552. The molecule has 0 aliphatic rings. The average Bonchev–Trinajstić information content (AvgIpc) is 3.12. The first-order chi connectivity index (χ1) is 12.7. The van der Waals surface area contributed by atoms with Crippen molar-refractivity contribution < 1.29 is 14.2 Å². The molecule has 0 atom stereocenters. The number of aromatic nitrogens is 2. The van der Waals surface area contributed by atoms with E-state index in [1.165, 1.54) is 18.2 Å². The lowest BCUT2D eigenvalue weighted by Crippen LogP contribution is -2.23. The van der Waals surface area contributed by atoms with Gasteiger partial charge in [0.2, 0.25) is 0 Å². The van der Waals surface area contributed by atoms with Gasteiger partial charge in [-0.3, -0.25) is 10.7 Å². The van der Waals surface area contributed by atoms with E-state index in [9.17, 15) is 9.60 Å². The third-order valence-corrected chi connectivity index (χ3v) is 3.78. The number of nitrogens with zero attached hydrogens (tertiary/aromatic N) is 3. The van der Waals surface area contributed by atoms with Gasteiger partial charge < -0.3 is 5.32 Å². The zero-order valence-corrected chi connectivity index (χ0v) is 14.2. The van der Waals surface area contributed by atoms with Crippen LogP contribution in [0.3, 0.4) is 0 Å². The molecule has 3 rings (SSSR count). The predicted molar refractivity (Wildman–Crippen MR) is 93.8 cm³/mol. The van der Waals surface area contributed by atoms with Gasteiger partial charge in [-0.2, -0.15) is 0 Å². The second kappa shape index (κ2) is 8.52. The summed E-state index contributed by atoms with van der Waals surface area (Å²) < 4.78 is 18.0. The van der Waals surface area contributed by atoms with Crippen LogP contribution in [0, 0.1) is 5.82 Å². The SMILES string of the molecule is ONC(=Nc1ccc(F)c(Cl)c1)c1nonc1CNCc1ccccc1. The van der Waals surface area contributed by atoms with E-state index >= 15 is 0 Å². The molecule has 3 N–H and O–H groups in total. The molecule has 0 aliphatic heterocycles. The Morgan fingerprint density at radius 3 is 2.69 bits per heavy atom. The number of halogens is 2. The first kappa shape index (κ1) is 18.0. The highest BCUT2D eigenvalue weighted by atomic mass is 35.5. The summed E-state index contributed by atoms with van der Waals surface area (Å²) in [4.78, 5) is 4.16. The number of hydrogen-bond acceptors (Lipinski definition) is 6. The van der Waals surface area contributed by atoms with E-state index in [-0.39, 0.29) is 16.6 Å². The zero-order chi connectivity index (χ0) is 18.4. The molecule has 7 nitrogen and oxygen atoms in total. The molecule has 0 saturated carbocycles. The number of hydrogen-bond donors (Lipinski definition) is 3. The highest BCUT2D eigenvalue weighted by molar-refractivity contribution is 6.31. The van der Waals surface area contributed by atoms with Gasteiger partial charge in [-0.1, -0.05) is 47.1 Å². The molecule has 2 aromatic carbocycles. The van der Waals surface area contributed by atoms with E-state index in [1.54, 1.807) is 0 Å². The van der Waals surface area contributed by atoms with Crippen LogP contribution in [-0.4, -0.2) is 21.4 Å². The van der Waals surface area contributed by atoms with Crippen molar-refractivity contribution in [3.63, 3.8) is 0 Å². The maximum atomic E-state index is 13.2. The van der Waals surface area contributed by atoms with E-state index in [0.717, 1.165) is 5.56 Å². The van der Waals surface area contributed by atoms with E-state index in [2.05, 4.69) is 20.6 Å². The fraction of sp³-hybridized carbons (Fsp3) is 0.118. The Morgan fingerprint density at radius 1 is 1.15 bits per heavy atom. The predicted octanol–water partition coefficient (Wildman–Crippen LogP) is 3.21. The van der Waals surface area contributed by atoms with Crippen LogP contribution in [0.5, 0.6) is 0 Å². The number of benzene rings is 2. The molecule has 0 unspecified atom stereocenters. The molecule has 3 aromatic rings. The second-order valence-electron chi connectivity index (χ2n) is 5.32. The van der Waals surface area contributed by atoms with Crippen molar-refractivity contribution >= 4 is 23.1 Å². The van der Waals surface area contributed by atoms with E-state index < -0.39 is 5.82 Å². The zero-order valence-electron chi connectivity index (χ0n) is 13.5. The number of amidine groups is 1. The molecular formula is C17H15ClFN5O2. The Morgan fingerprint density at radius 2 is 1.96 bits per heavy atom. The van der Waals surface area contributed by atoms with Crippen LogP contribution in [-0.2, 0) is 13.1 Å². The summed E-state index contributed by atoms with van der Waals surface area (Å²) in [6.45, 7) is 0.971. The number of nitrogens with one attached hydrogen (secondary N) is 2. The first-order valence-electron chi connectivity index (χ1n) is 7.67. The summed E-state index contributed by atoms with van der Waals surface area (Å²) in [7, 11) is 0. The van der Waals surface area contributed by atoms with Crippen LogP contribution in [0.25, 0.3) is 0 Å². The topological polar surface area (TPSA) is 95.6 Å². The molecule has 0 saturated heterocycles. The van der Waals surface area contributed by atoms with Crippen LogP contribution in [0.1, 0.15) is 17.0 Å². The maximum absolute atomic E-state index is 13.2. The number of aliphatic imine (C=N–C) groups is 1. The van der Waals surface area contributed by atoms with Gasteiger partial charge in [0.15, 0.2) is 11.5 Å². The van der Waals surface area contributed by atoms with Crippen LogP contribution in [0.2, 0.25) is 5.02 Å². The van der Waals surface area contributed by atoms with Gasteiger partial charge in [0, 0.05) is 13.1 Å². The molecule has 1 aromatic heterocycles. The maximum Gasteiger partial charge on any atom is 0.182 e. The third-order valence-electron chi connectivity index (χ3n) is 3.50. The molecule has 1 heterocycles. The van der Waals surface area contributed by atoms with E-state index in [1.807, 2.05) is 35.8 Å². The van der Waals surface area contributed by atoms with Gasteiger partial charge in [-0.15, -0.1) is 0 Å². The normalized spacial score (nSPS) is 11.6. The van der Waals surface area contributed by atoms with Crippen molar-refractivity contribution in [2.24, 2.45) is 4.99 Å². The minimum Gasteiger partial charge on any atom is -0.307 e. The molecule has 0 spiro atoms. The summed E-state index contributed by atoms with van der Waals surface area (Å²) in [5, 5.41) is 20.1. The van der Waals surface area contributed by atoms with E-state index in [4.69, 9.17) is 16.2 Å². The van der Waals surface area contributed by atoms with Crippen molar-refractivity contribution in [3.05, 3.63) is 76.3 Å². The highest BCUT2D eigenvalue weighted by Crippen LogP contribution is 2.22. The van der Waals surface area contributed by atoms with Crippen LogP contribution < -0.4 is 10.8 Å². The van der Waals surface area contributed by atoms with Crippen molar-refractivity contribution in [3.8, 4) is 0 Å². The van der Waals surface area contributed by atoms with Gasteiger partial charge >= 0.3 is 0 Å². The lowest BCUT2D eigenvalue weighted by molar-refractivity contribution is 0.234. The summed E-state index contributed by atoms with van der Waals surface area (Å²) >= 11 is 5.74. The first-order valence-corrected chi connectivity index (χ1v) is 8.05. The molecular weight excluding hydrogens is 361 g/mol. The number of hydroxylamine groups is 1. The number of rotatable bonds is 6. The smallest absolute Gasteiger partial charge is 0.182 e. The molecule has 26 heavy (non-hydrogen) atoms. The Bertz CT molecular complexity index is 901. The summed E-state index contributed by atoms with van der Waals surface area (Å²) in [6.07, 6.45) is 0. The minimum absolute atomic E-state index is 0.00503. The summed E-state index contributed by atoms with van der Waals surface area (Å²) in [5.41, 5.74) is 4.09. The molecule has 9 heteroatoms. The Kier molecular flexibility index (Phi) is 5.90. The highest BCUT2D eigenvalue weighted by Gasteiger charge is 2.16. The molecule has 0 amide bonds. The van der Waals surface area contributed by atoms with Crippen molar-refractivity contribution in [2.45, 2.75) is 13.1 Å². The summed E-state index contributed by atoms with van der Waals surface area (Å²) in [6, 6.07) is 13.8. The van der Waals surface area contributed by atoms with Gasteiger partial charge in [-0.25, -0.2) is 14.0 Å². The van der Waals surface area contributed by atoms with Crippen LogP contribution >= 0.6 is 11.6 Å². The van der Waals surface area contributed by atoms with Crippen molar-refractivity contribution in [1.29, 1.82) is 0 Å². The molecule has 0 bridgehead atoms. The lowest BCUT2D eigenvalue weighted by Gasteiger charge is -2.05. The quantitative estimate of drug-likeness (QED) is 0.348. The van der Waals surface area contributed by atoms with Crippen molar-refractivity contribution in [2.75, 3.05) is 0 Å². The standard InChI is InChI=1S/C17H15ClFN5O2/c18-13-8-12(6-7-14(13)19)21-17(22-25)16-15(23-26-24-16)10-20-9-11-4-2-1-3-5-11/h1-8,20,25H,9-10H2,(H,21,22). The second-order valence-corrected chi connectivity index (χ2v) is 5.73. The fourth-order valence-electron chi connectivity index (χ4n) is 2.24. The van der Waals surface area contributed by atoms with Crippen LogP contribution in [0.4, 0.5) is 10.1 Å². The molecule has 0 aliphatic carbocycles. The Hall–Kier alpha value is -2.81. The minimum atomic E-state index is -0.557. The average molecular weight is 376 g/mol. The monoisotopic (exact) mass is 375 g/mol. The van der Waals surface area contributed by atoms with Gasteiger partial charge in [-0.05, 0) is 28.9 Å². The molecule has 0 fully saturated rings. The van der Waals surface area contributed by atoms with Gasteiger partial charge in [0.25, 0.3) is 0 Å². The Balaban J connectivity index is 1.74. The van der Waals surface area contributed by atoms with E-state index in [0.29, 0.717) is 24.5 Å². The largest absolute Gasteiger partial charge is 0.307 e. The molecule has 0 radical (unpaired) electrons. The molecule has 134 valence electrons.